The van der Waals surface area contributed by atoms with E-state index in [9.17, 15) is 34.2 Å². The molecule has 0 unspecified atom stereocenters. The highest BCUT2D eigenvalue weighted by atomic mass is 32.1. The van der Waals surface area contributed by atoms with Gasteiger partial charge in [-0.2, -0.15) is 0 Å². The maximum absolute atomic E-state index is 14.8. The number of nitrogens with zero attached hydrogens (tertiary/aromatic N) is 2. The number of esters is 1. The van der Waals surface area contributed by atoms with Crippen LogP contribution in [0.1, 0.15) is 137 Å². The molecule has 6 atom stereocenters. The number of thiazole rings is 1. The second-order valence-electron chi connectivity index (χ2n) is 17.0. The summed E-state index contributed by atoms with van der Waals surface area (Å²) in [5.74, 6) is -4.13. The molecule has 0 saturated carbocycles. The number of carboxylic acid groups (broad SMARTS) is 1. The summed E-state index contributed by atoms with van der Waals surface area (Å²) < 4.78 is 5.90. The minimum Gasteiger partial charge on any atom is -0.508 e. The molecule has 3 rings (SSSR count). The topological polar surface area (TPSA) is 187 Å². The Bertz CT molecular complexity index is 1640. The van der Waals surface area contributed by atoms with Crippen LogP contribution in [0.5, 0.6) is 5.75 Å². The number of ether oxygens (including phenoxy) is 1. The van der Waals surface area contributed by atoms with Crippen LogP contribution < -0.4 is 16.0 Å². The number of hydrogen-bond donors (Lipinski definition) is 5. The van der Waals surface area contributed by atoms with Crippen molar-refractivity contribution in [3.05, 3.63) is 40.2 Å². The Morgan fingerprint density at radius 3 is 2.30 bits per heavy atom. The standard InChI is InChI=1S/C43H67N5O8S/c1-10-12-13-14-22-48(40(53)36(28(5)11-2)38(52)47-43(9)20-15-21-44-43)33(27(3)4)24-34(56-29(6)49)39-46-35(26-57-39)45-37(51)31(25-42(7,8)41(54)55)23-30-16-18-32(50)19-17-30/h16-19,26-28,31,33-34,36,44,50H,10-15,20-25H2,1-9H3,(H,45,51)(H,47,52)(H,54,55)/t28-,31-,33+,34+,36-,43+/m0/s1. The van der Waals surface area contributed by atoms with Crippen molar-refractivity contribution in [1.29, 1.82) is 0 Å². The molecule has 2 heterocycles. The van der Waals surface area contributed by atoms with Crippen LogP contribution in [0.25, 0.3) is 0 Å². The number of aromatic hydroxyl groups is 1. The van der Waals surface area contributed by atoms with Crippen LogP contribution in [-0.2, 0) is 35.1 Å². The van der Waals surface area contributed by atoms with Gasteiger partial charge in [0, 0.05) is 37.2 Å². The maximum atomic E-state index is 14.8. The van der Waals surface area contributed by atoms with E-state index in [1.165, 1.54) is 30.4 Å². The molecule has 2 aromatic rings. The second-order valence-corrected chi connectivity index (χ2v) is 17.9. The van der Waals surface area contributed by atoms with E-state index in [4.69, 9.17) is 9.72 Å². The predicted octanol–water partition coefficient (Wildman–Crippen LogP) is 7.45. The van der Waals surface area contributed by atoms with Gasteiger partial charge in [0.25, 0.3) is 0 Å². The normalized spacial score (nSPS) is 18.3. The van der Waals surface area contributed by atoms with Crippen LogP contribution in [-0.4, -0.2) is 74.6 Å². The molecule has 3 amide bonds. The van der Waals surface area contributed by atoms with E-state index in [1.54, 1.807) is 31.4 Å². The largest absolute Gasteiger partial charge is 0.508 e. The molecule has 5 N–H and O–H groups in total. The van der Waals surface area contributed by atoms with Gasteiger partial charge in [0.05, 0.1) is 11.1 Å². The molecule has 1 aromatic heterocycles. The molecule has 0 radical (unpaired) electrons. The van der Waals surface area contributed by atoms with Crippen molar-refractivity contribution in [3.8, 4) is 5.75 Å². The Kier molecular flexibility index (Phi) is 18.0. The number of benzene rings is 1. The van der Waals surface area contributed by atoms with E-state index in [0.29, 0.717) is 18.0 Å². The van der Waals surface area contributed by atoms with Crippen molar-refractivity contribution in [2.24, 2.45) is 29.1 Å². The fourth-order valence-corrected chi connectivity index (χ4v) is 8.30. The van der Waals surface area contributed by atoms with Gasteiger partial charge in [-0.3, -0.25) is 29.3 Å². The lowest BCUT2D eigenvalue weighted by Gasteiger charge is -2.39. The number of phenolic OH excluding ortho intramolecular Hbond substituents is 1. The molecule has 0 aliphatic carbocycles. The number of aliphatic carboxylic acids is 1. The number of carbonyl (C=O) groups excluding carboxylic acids is 4. The van der Waals surface area contributed by atoms with Gasteiger partial charge >= 0.3 is 11.9 Å². The van der Waals surface area contributed by atoms with E-state index in [0.717, 1.165) is 50.6 Å². The van der Waals surface area contributed by atoms with Crippen LogP contribution in [0.3, 0.4) is 0 Å². The van der Waals surface area contributed by atoms with Crippen LogP contribution in [0.2, 0.25) is 0 Å². The third kappa shape index (κ3) is 14.1. The molecule has 1 aliphatic rings. The summed E-state index contributed by atoms with van der Waals surface area (Å²) in [6.45, 7) is 17.7. The molecule has 0 bridgehead atoms. The minimum atomic E-state index is -1.20. The van der Waals surface area contributed by atoms with Crippen molar-refractivity contribution in [1.82, 2.24) is 20.5 Å². The predicted molar refractivity (Wildman–Crippen MR) is 222 cm³/mol. The fraction of sp³-hybridized carbons (Fsp3) is 0.674. The van der Waals surface area contributed by atoms with Crippen molar-refractivity contribution in [2.75, 3.05) is 18.4 Å². The number of rotatable bonds is 23. The number of anilines is 1. The molecule has 14 heteroatoms. The van der Waals surface area contributed by atoms with Crippen LogP contribution >= 0.6 is 11.3 Å². The minimum absolute atomic E-state index is 0.0473. The average Bonchev–Trinajstić information content (AvgIpc) is 3.79. The van der Waals surface area contributed by atoms with Gasteiger partial charge in [-0.15, -0.1) is 11.3 Å². The van der Waals surface area contributed by atoms with E-state index in [2.05, 4.69) is 22.9 Å². The summed E-state index contributed by atoms with van der Waals surface area (Å²) in [5, 5.41) is 31.1. The number of carboxylic acids is 1. The van der Waals surface area contributed by atoms with E-state index in [-0.39, 0.29) is 54.5 Å². The molecule has 1 fully saturated rings. The van der Waals surface area contributed by atoms with Gasteiger partial charge in [0.2, 0.25) is 17.7 Å². The number of carbonyl (C=O) groups is 5. The second kappa shape index (κ2) is 21.6. The molecule has 13 nitrogen and oxygen atoms in total. The first kappa shape index (κ1) is 47.3. The Morgan fingerprint density at radius 1 is 1.05 bits per heavy atom. The maximum Gasteiger partial charge on any atom is 0.309 e. The molecular formula is C43H67N5O8S. The lowest BCUT2D eigenvalue weighted by atomic mass is 9.80. The Balaban J connectivity index is 1.94. The number of unbranched alkanes of at least 4 members (excludes halogenated alkanes) is 3. The Morgan fingerprint density at radius 2 is 1.74 bits per heavy atom. The number of hydrogen-bond acceptors (Lipinski definition) is 10. The summed E-state index contributed by atoms with van der Waals surface area (Å²) >= 11 is 1.21. The number of amides is 3. The Hall–Kier alpha value is -4.04. The molecule has 0 spiro atoms. The molecule has 1 aliphatic heterocycles. The first-order valence-electron chi connectivity index (χ1n) is 20.6. The highest BCUT2D eigenvalue weighted by Crippen LogP contribution is 2.35. The van der Waals surface area contributed by atoms with Gasteiger partial charge in [-0.1, -0.05) is 72.4 Å². The van der Waals surface area contributed by atoms with Crippen LogP contribution in [0, 0.1) is 29.1 Å². The number of nitrogens with one attached hydrogen (secondary N) is 3. The van der Waals surface area contributed by atoms with E-state index < -0.39 is 52.9 Å². The lowest BCUT2D eigenvalue weighted by Crippen LogP contribution is -2.58. The summed E-state index contributed by atoms with van der Waals surface area (Å²) in [6.07, 6.45) is 5.71. The molecular weight excluding hydrogens is 747 g/mol. The van der Waals surface area contributed by atoms with E-state index in [1.807, 2.05) is 39.5 Å². The summed E-state index contributed by atoms with van der Waals surface area (Å²) in [4.78, 5) is 73.8. The Labute approximate surface area is 343 Å². The number of aromatic nitrogens is 1. The lowest BCUT2D eigenvalue weighted by molar-refractivity contribution is -0.151. The SMILES string of the molecule is CCCCCCN(C(=O)[C@H](C(=O)N[C@]1(C)CCCN1)[C@@H](C)CC)[C@H](C[C@@H](OC(C)=O)c1nc(NC(=O)[C@@H](Cc2ccc(O)cc2)CC(C)(C)C(=O)O)cs1)C(C)C. The summed E-state index contributed by atoms with van der Waals surface area (Å²) in [5.41, 5.74) is -1.02. The van der Waals surface area contributed by atoms with Gasteiger partial charge in [0.15, 0.2) is 6.10 Å². The van der Waals surface area contributed by atoms with Crippen molar-refractivity contribution in [3.63, 3.8) is 0 Å². The van der Waals surface area contributed by atoms with Crippen molar-refractivity contribution >= 4 is 46.8 Å². The average molecular weight is 814 g/mol. The van der Waals surface area contributed by atoms with Gasteiger partial charge in [-0.05, 0) is 89.0 Å². The molecule has 57 heavy (non-hydrogen) atoms. The van der Waals surface area contributed by atoms with Crippen molar-refractivity contribution < 1.29 is 38.9 Å². The molecule has 1 aromatic carbocycles. The third-order valence-corrected chi connectivity index (χ3v) is 12.1. The van der Waals surface area contributed by atoms with Crippen LogP contribution in [0.15, 0.2) is 29.6 Å². The monoisotopic (exact) mass is 813 g/mol. The quantitative estimate of drug-likeness (QED) is 0.0429. The smallest absolute Gasteiger partial charge is 0.309 e. The molecule has 318 valence electrons. The van der Waals surface area contributed by atoms with Gasteiger partial charge < -0.3 is 30.5 Å². The van der Waals surface area contributed by atoms with Crippen molar-refractivity contribution in [2.45, 2.75) is 144 Å². The first-order chi connectivity index (χ1) is 26.8. The summed E-state index contributed by atoms with van der Waals surface area (Å²) in [7, 11) is 0. The highest BCUT2D eigenvalue weighted by Gasteiger charge is 2.42. The highest BCUT2D eigenvalue weighted by molar-refractivity contribution is 7.10. The van der Waals surface area contributed by atoms with Crippen LogP contribution in [0.4, 0.5) is 5.82 Å². The zero-order valence-corrected chi connectivity index (χ0v) is 36.3. The third-order valence-electron chi connectivity index (χ3n) is 11.2. The number of phenols is 1. The zero-order chi connectivity index (χ0) is 42.5. The van der Waals surface area contributed by atoms with E-state index >= 15 is 0 Å². The van der Waals surface area contributed by atoms with Gasteiger partial charge in [0.1, 0.15) is 22.5 Å². The zero-order valence-electron chi connectivity index (χ0n) is 35.5. The fourth-order valence-electron chi connectivity index (χ4n) is 7.50. The first-order valence-corrected chi connectivity index (χ1v) is 21.5. The summed E-state index contributed by atoms with van der Waals surface area (Å²) in [6, 6.07) is 6.01. The van der Waals surface area contributed by atoms with Gasteiger partial charge in [-0.25, -0.2) is 4.98 Å². The molecule has 1 saturated heterocycles.